The van der Waals surface area contributed by atoms with Gasteiger partial charge in [-0.25, -0.2) is 13.6 Å². The lowest BCUT2D eigenvalue weighted by Crippen LogP contribution is -2.48. The molecule has 1 aromatic rings. The molecular weight excluding hydrogens is 312 g/mol. The van der Waals surface area contributed by atoms with Crippen LogP contribution in [-0.4, -0.2) is 36.6 Å². The minimum absolute atomic E-state index is 0.123. The van der Waals surface area contributed by atoms with Crippen molar-refractivity contribution in [2.45, 2.75) is 45.7 Å². The average Bonchev–Trinajstić information content (AvgIpc) is 2.51. The molecule has 0 spiro atoms. The lowest BCUT2D eigenvalue weighted by Gasteiger charge is -2.33. The molecule has 0 aromatic heterocycles. The third-order valence-corrected chi connectivity index (χ3v) is 4.32. The highest BCUT2D eigenvalue weighted by molar-refractivity contribution is 5.74. The smallest absolute Gasteiger partial charge is 0.315 e. The molecule has 1 aliphatic heterocycles. The fraction of sp³-hybridized carbons (Fsp3) is 0.611. The maximum atomic E-state index is 13.7. The number of piperidine rings is 1. The van der Waals surface area contributed by atoms with Crippen LogP contribution < -0.4 is 10.6 Å². The number of amides is 2. The number of carbonyl (C=O) groups is 1. The van der Waals surface area contributed by atoms with E-state index in [1.807, 2.05) is 0 Å². The lowest BCUT2D eigenvalue weighted by atomic mass is 10.0. The summed E-state index contributed by atoms with van der Waals surface area (Å²) in [5.41, 5.74) is 0.150. The number of hydrogen-bond acceptors (Lipinski definition) is 2. The van der Waals surface area contributed by atoms with Crippen LogP contribution in [0.2, 0.25) is 0 Å². The van der Waals surface area contributed by atoms with Crippen LogP contribution in [0.4, 0.5) is 13.6 Å². The minimum Gasteiger partial charge on any atom is -0.335 e. The first-order chi connectivity index (χ1) is 11.3. The number of likely N-dealkylation sites (tertiary alicyclic amines) is 1. The van der Waals surface area contributed by atoms with Crippen molar-refractivity contribution in [1.29, 1.82) is 0 Å². The van der Waals surface area contributed by atoms with Crippen molar-refractivity contribution in [1.82, 2.24) is 15.5 Å². The number of benzene rings is 1. The van der Waals surface area contributed by atoms with Crippen molar-refractivity contribution in [2.75, 3.05) is 19.6 Å². The second-order valence-corrected chi connectivity index (χ2v) is 6.97. The van der Waals surface area contributed by atoms with E-state index in [1.54, 1.807) is 6.92 Å². The fourth-order valence-electron chi connectivity index (χ4n) is 3.12. The van der Waals surface area contributed by atoms with Crippen LogP contribution in [0.15, 0.2) is 18.2 Å². The van der Waals surface area contributed by atoms with Gasteiger partial charge in [-0.1, -0.05) is 13.8 Å². The van der Waals surface area contributed by atoms with E-state index in [0.29, 0.717) is 5.92 Å². The maximum Gasteiger partial charge on any atom is 0.315 e. The Hall–Kier alpha value is -1.69. The molecule has 0 radical (unpaired) electrons. The fourth-order valence-corrected chi connectivity index (χ4v) is 3.12. The molecule has 1 aromatic carbocycles. The summed E-state index contributed by atoms with van der Waals surface area (Å²) in [6.07, 6.45) is 1.81. The van der Waals surface area contributed by atoms with Gasteiger partial charge in [0.25, 0.3) is 0 Å². The van der Waals surface area contributed by atoms with Gasteiger partial charge in [0.1, 0.15) is 11.6 Å². The van der Waals surface area contributed by atoms with Crippen molar-refractivity contribution < 1.29 is 13.6 Å². The topological polar surface area (TPSA) is 44.4 Å². The Morgan fingerprint density at radius 3 is 2.54 bits per heavy atom. The number of carbonyl (C=O) groups excluding carboxylic acids is 1. The highest BCUT2D eigenvalue weighted by Crippen LogP contribution is 2.18. The van der Waals surface area contributed by atoms with Crippen molar-refractivity contribution in [3.8, 4) is 0 Å². The summed E-state index contributed by atoms with van der Waals surface area (Å²) in [5, 5.41) is 5.62. The Morgan fingerprint density at radius 2 is 1.92 bits per heavy atom. The van der Waals surface area contributed by atoms with Crippen molar-refractivity contribution in [3.05, 3.63) is 35.4 Å². The van der Waals surface area contributed by atoms with Crippen LogP contribution in [0.3, 0.4) is 0 Å². The number of nitrogens with zero attached hydrogens (tertiary/aromatic N) is 1. The summed E-state index contributed by atoms with van der Waals surface area (Å²) in [6, 6.07) is 2.44. The van der Waals surface area contributed by atoms with Gasteiger partial charge < -0.3 is 15.5 Å². The van der Waals surface area contributed by atoms with E-state index in [-0.39, 0.29) is 17.6 Å². The summed E-state index contributed by atoms with van der Waals surface area (Å²) in [7, 11) is 0. The third kappa shape index (κ3) is 5.44. The summed E-state index contributed by atoms with van der Waals surface area (Å²) >= 11 is 0. The molecule has 1 fully saturated rings. The number of halogens is 2. The molecule has 134 valence electrons. The molecule has 2 rings (SSSR count). The zero-order chi connectivity index (χ0) is 17.7. The van der Waals surface area contributed by atoms with E-state index < -0.39 is 17.7 Å². The van der Waals surface area contributed by atoms with Crippen LogP contribution in [0.25, 0.3) is 0 Å². The van der Waals surface area contributed by atoms with Crippen LogP contribution in [0, 0.1) is 17.6 Å². The Balaban J connectivity index is 1.80. The third-order valence-electron chi connectivity index (χ3n) is 4.32. The first-order valence-corrected chi connectivity index (χ1v) is 8.59. The van der Waals surface area contributed by atoms with Crippen molar-refractivity contribution in [3.63, 3.8) is 0 Å². The van der Waals surface area contributed by atoms with Gasteiger partial charge in [0, 0.05) is 31.2 Å². The monoisotopic (exact) mass is 339 g/mol. The van der Waals surface area contributed by atoms with Gasteiger partial charge >= 0.3 is 6.03 Å². The molecule has 6 heteroatoms. The Kier molecular flexibility index (Phi) is 6.54. The van der Waals surface area contributed by atoms with Gasteiger partial charge in [-0.15, -0.1) is 0 Å². The van der Waals surface area contributed by atoms with Crippen molar-refractivity contribution >= 4 is 6.03 Å². The molecule has 1 saturated heterocycles. The van der Waals surface area contributed by atoms with E-state index in [0.717, 1.165) is 50.7 Å². The molecule has 0 aliphatic carbocycles. The van der Waals surface area contributed by atoms with Gasteiger partial charge in [0.15, 0.2) is 0 Å². The molecule has 1 heterocycles. The predicted octanol–water partition coefficient (Wildman–Crippen LogP) is 3.45. The summed E-state index contributed by atoms with van der Waals surface area (Å²) in [5.74, 6) is -0.399. The lowest BCUT2D eigenvalue weighted by molar-refractivity contribution is 0.177. The number of rotatable bonds is 5. The molecule has 4 nitrogen and oxygen atoms in total. The molecule has 0 saturated carbocycles. The number of urea groups is 1. The second kappa shape index (κ2) is 8.42. The molecule has 1 atom stereocenters. The molecule has 1 aliphatic rings. The first kappa shape index (κ1) is 18.6. The van der Waals surface area contributed by atoms with E-state index in [2.05, 4.69) is 29.4 Å². The maximum absolute atomic E-state index is 13.7. The first-order valence-electron chi connectivity index (χ1n) is 8.59. The van der Waals surface area contributed by atoms with Crippen LogP contribution in [0.1, 0.15) is 45.2 Å². The van der Waals surface area contributed by atoms with Gasteiger partial charge in [-0.3, -0.25) is 0 Å². The number of nitrogens with one attached hydrogen (secondary N) is 2. The average molecular weight is 339 g/mol. The summed E-state index contributed by atoms with van der Waals surface area (Å²) in [6.45, 7) is 9.06. The van der Waals surface area contributed by atoms with Crippen molar-refractivity contribution in [2.24, 2.45) is 5.92 Å². The van der Waals surface area contributed by atoms with Crippen LogP contribution in [0.5, 0.6) is 0 Å². The number of hydrogen-bond donors (Lipinski definition) is 2. The van der Waals surface area contributed by atoms with Gasteiger partial charge in [-0.2, -0.15) is 0 Å². The zero-order valence-electron chi connectivity index (χ0n) is 14.6. The minimum atomic E-state index is -0.596. The molecule has 0 bridgehead atoms. The van der Waals surface area contributed by atoms with Crippen LogP contribution >= 0.6 is 0 Å². The highest BCUT2D eigenvalue weighted by atomic mass is 19.1. The van der Waals surface area contributed by atoms with E-state index in [1.165, 1.54) is 0 Å². The van der Waals surface area contributed by atoms with Gasteiger partial charge in [0.2, 0.25) is 0 Å². The SMILES string of the molecule is CC(C)CN1CCC(NC(=O)N[C@H](C)c2cc(F)ccc2F)CC1. The van der Waals surface area contributed by atoms with Gasteiger partial charge in [-0.05, 0) is 43.9 Å². The standard InChI is InChI=1S/C18H27F2N3O/c1-12(2)11-23-8-6-15(7-9-23)22-18(24)21-13(3)16-10-14(19)4-5-17(16)20/h4-5,10,12-13,15H,6-9,11H2,1-3H3,(H2,21,22,24)/t13-/m1/s1. The zero-order valence-corrected chi connectivity index (χ0v) is 14.6. The Bertz CT molecular complexity index is 557. The highest BCUT2D eigenvalue weighted by Gasteiger charge is 2.22. The summed E-state index contributed by atoms with van der Waals surface area (Å²) in [4.78, 5) is 14.5. The molecule has 2 N–H and O–H groups in total. The molecule has 2 amide bonds. The predicted molar refractivity (Wildman–Crippen MR) is 90.7 cm³/mol. The Labute approximate surface area is 142 Å². The second-order valence-electron chi connectivity index (χ2n) is 6.97. The van der Waals surface area contributed by atoms with E-state index in [9.17, 15) is 13.6 Å². The van der Waals surface area contributed by atoms with Crippen LogP contribution in [-0.2, 0) is 0 Å². The summed E-state index contributed by atoms with van der Waals surface area (Å²) < 4.78 is 27.0. The molecule has 24 heavy (non-hydrogen) atoms. The van der Waals surface area contributed by atoms with E-state index in [4.69, 9.17) is 0 Å². The van der Waals surface area contributed by atoms with Gasteiger partial charge in [0.05, 0.1) is 6.04 Å². The van der Waals surface area contributed by atoms with E-state index >= 15 is 0 Å². The normalized spacial score (nSPS) is 17.8. The Morgan fingerprint density at radius 1 is 1.25 bits per heavy atom. The quantitative estimate of drug-likeness (QED) is 0.863. The molecular formula is C18H27F2N3O. The largest absolute Gasteiger partial charge is 0.335 e. The molecule has 0 unspecified atom stereocenters.